The Morgan fingerprint density at radius 3 is 2.38 bits per heavy atom. The smallest absolute Gasteiger partial charge is 0.335 e. The van der Waals surface area contributed by atoms with E-state index < -0.39 is 17.9 Å². The minimum atomic E-state index is -0.683. The Hall–Kier alpha value is -2.10. The molecule has 4 nitrogen and oxygen atoms in total. The van der Waals surface area contributed by atoms with E-state index >= 15 is 0 Å². The minimum Gasteiger partial charge on any atom is -0.465 e. The van der Waals surface area contributed by atoms with Crippen LogP contribution in [-0.4, -0.2) is 25.2 Å². The summed E-state index contributed by atoms with van der Waals surface area (Å²) in [6.45, 7) is 8.00. The van der Waals surface area contributed by atoms with Crippen molar-refractivity contribution in [3.05, 3.63) is 40.0 Å². The minimum absolute atomic E-state index is 0.278. The van der Waals surface area contributed by atoms with Crippen LogP contribution >= 0.6 is 0 Å². The predicted octanol–water partition coefficient (Wildman–Crippen LogP) is 2.91. The van der Waals surface area contributed by atoms with Crippen LogP contribution in [0.4, 0.5) is 0 Å². The summed E-state index contributed by atoms with van der Waals surface area (Å²) in [6, 6.07) is 3.97. The molecule has 1 aromatic carbocycles. The Kier molecular flexibility index (Phi) is 4.46. The molecule has 0 heterocycles. The molecular formula is C17H20O4. The molecule has 0 bridgehead atoms. The molecule has 1 aliphatic carbocycles. The second-order valence-corrected chi connectivity index (χ2v) is 5.09. The van der Waals surface area contributed by atoms with Crippen LogP contribution in [0.1, 0.15) is 42.0 Å². The molecule has 0 spiro atoms. The van der Waals surface area contributed by atoms with Crippen molar-refractivity contribution >= 4 is 18.0 Å². The Morgan fingerprint density at radius 1 is 1.10 bits per heavy atom. The van der Waals surface area contributed by atoms with Crippen molar-refractivity contribution in [2.45, 2.75) is 33.6 Å². The fraction of sp³-hybridized carbons (Fsp3) is 0.412. The standard InChI is InChI=1S/C17H20O4/c1-5-20-16(18)14-9-12-11(4)7-10(3)8-13(12)15(14)17(19)21-6-2/h7-9,15H,5-6H2,1-4H3. The van der Waals surface area contributed by atoms with Gasteiger partial charge in [-0.2, -0.15) is 0 Å². The third kappa shape index (κ3) is 2.84. The maximum Gasteiger partial charge on any atom is 0.335 e. The number of benzene rings is 1. The average Bonchev–Trinajstić information content (AvgIpc) is 2.79. The summed E-state index contributed by atoms with van der Waals surface area (Å²) in [6.07, 6.45) is 1.75. The molecular weight excluding hydrogens is 268 g/mol. The van der Waals surface area contributed by atoms with Crippen molar-refractivity contribution in [3.8, 4) is 0 Å². The lowest BCUT2D eigenvalue weighted by Crippen LogP contribution is -2.21. The van der Waals surface area contributed by atoms with Crippen LogP contribution in [-0.2, 0) is 19.1 Å². The topological polar surface area (TPSA) is 52.6 Å². The van der Waals surface area contributed by atoms with E-state index in [-0.39, 0.29) is 13.2 Å². The second-order valence-electron chi connectivity index (χ2n) is 5.09. The molecule has 1 aromatic rings. The molecule has 0 amide bonds. The van der Waals surface area contributed by atoms with Crippen LogP contribution in [0.25, 0.3) is 6.08 Å². The van der Waals surface area contributed by atoms with Crippen molar-refractivity contribution in [2.75, 3.05) is 13.2 Å². The number of carbonyl (C=O) groups excluding carboxylic acids is 2. The molecule has 112 valence electrons. The number of hydrogen-bond donors (Lipinski definition) is 0. The summed E-state index contributed by atoms with van der Waals surface area (Å²) in [5.74, 6) is -1.54. The summed E-state index contributed by atoms with van der Waals surface area (Å²) < 4.78 is 10.2. The molecule has 1 atom stereocenters. The van der Waals surface area contributed by atoms with Crippen LogP contribution < -0.4 is 0 Å². The van der Waals surface area contributed by atoms with Gasteiger partial charge in [0.1, 0.15) is 5.92 Å². The molecule has 1 unspecified atom stereocenters. The number of fused-ring (bicyclic) bond motifs is 1. The first kappa shape index (κ1) is 15.3. The molecule has 2 rings (SSSR count). The molecule has 0 aliphatic heterocycles. The predicted molar refractivity (Wildman–Crippen MR) is 79.9 cm³/mol. The Morgan fingerprint density at radius 2 is 1.76 bits per heavy atom. The van der Waals surface area contributed by atoms with Gasteiger partial charge in [0, 0.05) is 0 Å². The largest absolute Gasteiger partial charge is 0.465 e. The summed E-state index contributed by atoms with van der Waals surface area (Å²) in [7, 11) is 0. The van der Waals surface area contributed by atoms with Crippen molar-refractivity contribution < 1.29 is 19.1 Å². The molecule has 0 aromatic heterocycles. The third-order valence-electron chi connectivity index (χ3n) is 3.52. The normalized spacial score (nSPS) is 16.2. The van der Waals surface area contributed by atoms with Gasteiger partial charge in [-0.3, -0.25) is 4.79 Å². The maximum absolute atomic E-state index is 12.3. The lowest BCUT2D eigenvalue weighted by molar-refractivity contribution is -0.147. The zero-order chi connectivity index (χ0) is 15.6. The van der Waals surface area contributed by atoms with Crippen LogP contribution in [0.3, 0.4) is 0 Å². The molecule has 0 saturated heterocycles. The lowest BCUT2D eigenvalue weighted by Gasteiger charge is -2.15. The van der Waals surface area contributed by atoms with E-state index in [1.807, 2.05) is 26.0 Å². The van der Waals surface area contributed by atoms with Crippen LogP contribution in [0.15, 0.2) is 17.7 Å². The van der Waals surface area contributed by atoms with Crippen LogP contribution in [0.2, 0.25) is 0 Å². The number of carbonyl (C=O) groups is 2. The summed E-state index contributed by atoms with van der Waals surface area (Å²) in [4.78, 5) is 24.4. The van der Waals surface area contributed by atoms with E-state index in [4.69, 9.17) is 9.47 Å². The summed E-state index contributed by atoms with van der Waals surface area (Å²) >= 11 is 0. The Bertz CT molecular complexity index is 613. The van der Waals surface area contributed by atoms with E-state index in [0.29, 0.717) is 5.57 Å². The van der Waals surface area contributed by atoms with Crippen molar-refractivity contribution in [1.29, 1.82) is 0 Å². The summed E-state index contributed by atoms with van der Waals surface area (Å²) in [5, 5.41) is 0. The molecule has 4 heteroatoms. The Labute approximate surface area is 124 Å². The monoisotopic (exact) mass is 288 g/mol. The molecule has 0 radical (unpaired) electrons. The van der Waals surface area contributed by atoms with Crippen LogP contribution in [0, 0.1) is 13.8 Å². The van der Waals surface area contributed by atoms with Gasteiger partial charge in [0.2, 0.25) is 0 Å². The quantitative estimate of drug-likeness (QED) is 0.799. The number of esters is 2. The average molecular weight is 288 g/mol. The van der Waals surface area contributed by atoms with E-state index in [9.17, 15) is 9.59 Å². The highest BCUT2D eigenvalue weighted by Gasteiger charge is 2.37. The first-order chi connectivity index (χ1) is 9.99. The highest BCUT2D eigenvalue weighted by Crippen LogP contribution is 2.40. The van der Waals surface area contributed by atoms with Crippen molar-refractivity contribution in [1.82, 2.24) is 0 Å². The van der Waals surface area contributed by atoms with Crippen molar-refractivity contribution in [3.63, 3.8) is 0 Å². The third-order valence-corrected chi connectivity index (χ3v) is 3.52. The number of aryl methyl sites for hydroxylation is 2. The number of hydrogen-bond acceptors (Lipinski definition) is 4. The van der Waals surface area contributed by atoms with Gasteiger partial charge in [-0.1, -0.05) is 17.7 Å². The zero-order valence-electron chi connectivity index (χ0n) is 12.9. The Balaban J connectivity index is 2.50. The van der Waals surface area contributed by atoms with Gasteiger partial charge in [0.25, 0.3) is 0 Å². The van der Waals surface area contributed by atoms with E-state index in [1.54, 1.807) is 19.9 Å². The fourth-order valence-electron chi connectivity index (χ4n) is 2.72. The van der Waals surface area contributed by atoms with Gasteiger partial charge >= 0.3 is 11.9 Å². The van der Waals surface area contributed by atoms with Crippen molar-refractivity contribution in [2.24, 2.45) is 0 Å². The van der Waals surface area contributed by atoms with Gasteiger partial charge in [-0.25, -0.2) is 4.79 Å². The van der Waals surface area contributed by atoms with E-state index in [2.05, 4.69) is 0 Å². The van der Waals surface area contributed by atoms with Gasteiger partial charge < -0.3 is 9.47 Å². The number of rotatable bonds is 4. The van der Waals surface area contributed by atoms with Gasteiger partial charge in [-0.15, -0.1) is 0 Å². The second kappa shape index (κ2) is 6.12. The fourth-order valence-corrected chi connectivity index (χ4v) is 2.72. The van der Waals surface area contributed by atoms with E-state index in [0.717, 1.165) is 22.3 Å². The number of ether oxygens (including phenoxy) is 2. The lowest BCUT2D eigenvalue weighted by atomic mass is 9.93. The zero-order valence-corrected chi connectivity index (χ0v) is 12.9. The molecule has 0 N–H and O–H groups in total. The first-order valence-electron chi connectivity index (χ1n) is 7.16. The summed E-state index contributed by atoms with van der Waals surface area (Å²) in [5.41, 5.74) is 4.20. The van der Waals surface area contributed by atoms with Crippen LogP contribution in [0.5, 0.6) is 0 Å². The van der Waals surface area contributed by atoms with Gasteiger partial charge in [-0.05, 0) is 50.5 Å². The highest BCUT2D eigenvalue weighted by atomic mass is 16.5. The van der Waals surface area contributed by atoms with E-state index in [1.165, 1.54) is 0 Å². The highest BCUT2D eigenvalue weighted by molar-refractivity contribution is 6.06. The molecule has 0 saturated carbocycles. The first-order valence-corrected chi connectivity index (χ1v) is 7.16. The molecule has 21 heavy (non-hydrogen) atoms. The van der Waals surface area contributed by atoms with Gasteiger partial charge in [0.05, 0.1) is 18.8 Å². The molecule has 0 fully saturated rings. The van der Waals surface area contributed by atoms with Gasteiger partial charge in [0.15, 0.2) is 0 Å². The maximum atomic E-state index is 12.3. The molecule has 1 aliphatic rings. The SMILES string of the molecule is CCOC(=O)C1=Cc2c(C)cc(C)cc2C1C(=O)OCC.